The number of pyridine rings is 1. The molecular weight excluding hydrogens is 269 g/mol. The first kappa shape index (κ1) is 12.7. The van der Waals surface area contributed by atoms with Crippen LogP contribution < -0.4 is 5.32 Å². The molecule has 2 aromatic rings. The Bertz CT molecular complexity index is 633. The van der Waals surface area contributed by atoms with Crippen LogP contribution in [0, 0.1) is 18.3 Å². The Hall–Kier alpha value is -1.76. The van der Waals surface area contributed by atoms with E-state index in [-0.39, 0.29) is 0 Å². The lowest BCUT2D eigenvalue weighted by Gasteiger charge is -2.08. The molecular formula is C13H9Cl2N3. The van der Waals surface area contributed by atoms with E-state index >= 15 is 0 Å². The minimum Gasteiger partial charge on any atom is -0.339 e. The second-order valence-corrected chi connectivity index (χ2v) is 4.59. The molecule has 0 saturated heterocycles. The van der Waals surface area contributed by atoms with Gasteiger partial charge in [0, 0.05) is 10.7 Å². The summed E-state index contributed by atoms with van der Waals surface area (Å²) in [6, 6.07) is 10.6. The average Bonchev–Trinajstić information content (AvgIpc) is 2.32. The smallest absolute Gasteiger partial charge is 0.131 e. The van der Waals surface area contributed by atoms with Crippen LogP contribution in [0.3, 0.4) is 0 Å². The van der Waals surface area contributed by atoms with Gasteiger partial charge in [0.15, 0.2) is 0 Å². The SMILES string of the molecule is Cc1cc(C#N)cc(Nc2ccc(Cl)cc2Cl)n1. The Labute approximate surface area is 115 Å². The van der Waals surface area contributed by atoms with Crippen LogP contribution in [0.15, 0.2) is 30.3 Å². The van der Waals surface area contributed by atoms with Crippen molar-refractivity contribution in [1.82, 2.24) is 4.98 Å². The lowest BCUT2D eigenvalue weighted by atomic mass is 10.2. The van der Waals surface area contributed by atoms with Crippen LogP contribution in [0.2, 0.25) is 10.0 Å². The fraction of sp³-hybridized carbons (Fsp3) is 0.0769. The van der Waals surface area contributed by atoms with Crippen LogP contribution in [0.1, 0.15) is 11.3 Å². The van der Waals surface area contributed by atoms with Crippen molar-refractivity contribution in [2.24, 2.45) is 0 Å². The molecule has 0 aliphatic heterocycles. The van der Waals surface area contributed by atoms with Gasteiger partial charge in [0.2, 0.25) is 0 Å². The molecule has 0 unspecified atom stereocenters. The highest BCUT2D eigenvalue weighted by atomic mass is 35.5. The third-order valence-corrected chi connectivity index (χ3v) is 2.82. The highest BCUT2D eigenvalue weighted by Crippen LogP contribution is 2.27. The maximum absolute atomic E-state index is 8.89. The van der Waals surface area contributed by atoms with E-state index in [1.54, 1.807) is 30.3 Å². The fourth-order valence-electron chi connectivity index (χ4n) is 1.53. The van der Waals surface area contributed by atoms with Crippen molar-refractivity contribution in [3.63, 3.8) is 0 Å². The molecule has 0 spiro atoms. The monoisotopic (exact) mass is 277 g/mol. The van der Waals surface area contributed by atoms with Gasteiger partial charge in [-0.15, -0.1) is 0 Å². The molecule has 0 amide bonds. The molecule has 0 aliphatic carbocycles. The zero-order valence-corrected chi connectivity index (χ0v) is 11.0. The maximum atomic E-state index is 8.89. The van der Waals surface area contributed by atoms with Crippen molar-refractivity contribution in [2.75, 3.05) is 5.32 Å². The topological polar surface area (TPSA) is 48.7 Å². The van der Waals surface area contributed by atoms with E-state index in [1.807, 2.05) is 6.92 Å². The molecule has 90 valence electrons. The number of rotatable bonds is 2. The van der Waals surface area contributed by atoms with E-state index in [2.05, 4.69) is 16.4 Å². The fourth-order valence-corrected chi connectivity index (χ4v) is 1.98. The Balaban J connectivity index is 2.34. The van der Waals surface area contributed by atoms with Crippen LogP contribution in [0.5, 0.6) is 0 Å². The molecule has 1 aromatic carbocycles. The largest absolute Gasteiger partial charge is 0.339 e. The molecule has 1 aromatic heterocycles. The van der Waals surface area contributed by atoms with Crippen molar-refractivity contribution >= 4 is 34.7 Å². The van der Waals surface area contributed by atoms with Crippen molar-refractivity contribution in [1.29, 1.82) is 5.26 Å². The number of nitrogens with one attached hydrogen (secondary N) is 1. The van der Waals surface area contributed by atoms with Gasteiger partial charge in [0.25, 0.3) is 0 Å². The minimum atomic E-state index is 0.504. The third kappa shape index (κ3) is 2.92. The third-order valence-electron chi connectivity index (χ3n) is 2.28. The summed E-state index contributed by atoms with van der Waals surface area (Å²) in [6.45, 7) is 1.83. The highest BCUT2D eigenvalue weighted by Gasteiger charge is 2.04. The van der Waals surface area contributed by atoms with Crippen LogP contribution >= 0.6 is 23.2 Å². The van der Waals surface area contributed by atoms with Crippen LogP contribution in [-0.2, 0) is 0 Å². The minimum absolute atomic E-state index is 0.504. The predicted octanol–water partition coefficient (Wildman–Crippen LogP) is 4.31. The molecule has 0 fully saturated rings. The van der Waals surface area contributed by atoms with Gasteiger partial charge in [0.1, 0.15) is 5.82 Å². The lowest BCUT2D eigenvalue weighted by Crippen LogP contribution is -1.96. The van der Waals surface area contributed by atoms with Gasteiger partial charge in [-0.2, -0.15) is 5.26 Å². The molecule has 0 atom stereocenters. The van der Waals surface area contributed by atoms with E-state index in [9.17, 15) is 0 Å². The van der Waals surface area contributed by atoms with E-state index in [0.717, 1.165) is 5.69 Å². The molecule has 0 saturated carbocycles. The normalized spacial score (nSPS) is 9.89. The van der Waals surface area contributed by atoms with Crippen molar-refractivity contribution in [3.05, 3.63) is 51.6 Å². The highest BCUT2D eigenvalue weighted by molar-refractivity contribution is 6.36. The summed E-state index contributed by atoms with van der Waals surface area (Å²) in [7, 11) is 0. The van der Waals surface area contributed by atoms with Gasteiger partial charge in [-0.05, 0) is 37.3 Å². The first-order valence-electron chi connectivity index (χ1n) is 5.19. The molecule has 5 heteroatoms. The zero-order chi connectivity index (χ0) is 13.1. The standard InChI is InChI=1S/C13H9Cl2N3/c1-8-4-9(7-16)5-13(17-8)18-12-3-2-10(14)6-11(12)15/h2-6H,1H3,(H,17,18). The van der Waals surface area contributed by atoms with E-state index in [0.29, 0.717) is 27.1 Å². The van der Waals surface area contributed by atoms with Crippen molar-refractivity contribution in [3.8, 4) is 6.07 Å². The molecule has 2 rings (SSSR count). The number of benzene rings is 1. The van der Waals surface area contributed by atoms with Gasteiger partial charge in [-0.1, -0.05) is 23.2 Å². The average molecular weight is 278 g/mol. The lowest BCUT2D eigenvalue weighted by molar-refractivity contribution is 1.19. The summed E-state index contributed by atoms with van der Waals surface area (Å²) in [4.78, 5) is 4.29. The molecule has 18 heavy (non-hydrogen) atoms. The Kier molecular flexibility index (Phi) is 3.71. The number of hydrogen-bond donors (Lipinski definition) is 1. The number of nitrogens with zero attached hydrogens (tertiary/aromatic N) is 2. The summed E-state index contributed by atoms with van der Waals surface area (Å²) in [5, 5.41) is 13.0. The Morgan fingerprint density at radius 3 is 2.67 bits per heavy atom. The maximum Gasteiger partial charge on any atom is 0.131 e. The zero-order valence-electron chi connectivity index (χ0n) is 9.54. The van der Waals surface area contributed by atoms with Gasteiger partial charge < -0.3 is 5.32 Å². The number of anilines is 2. The van der Waals surface area contributed by atoms with Gasteiger partial charge in [0.05, 0.1) is 22.3 Å². The van der Waals surface area contributed by atoms with E-state index in [1.165, 1.54) is 0 Å². The molecule has 1 N–H and O–H groups in total. The Morgan fingerprint density at radius 1 is 1.22 bits per heavy atom. The summed E-state index contributed by atoms with van der Waals surface area (Å²) in [5.74, 6) is 0.579. The van der Waals surface area contributed by atoms with E-state index in [4.69, 9.17) is 28.5 Å². The second-order valence-electron chi connectivity index (χ2n) is 3.74. The van der Waals surface area contributed by atoms with Gasteiger partial charge in [-0.3, -0.25) is 0 Å². The van der Waals surface area contributed by atoms with Gasteiger partial charge >= 0.3 is 0 Å². The molecule has 0 radical (unpaired) electrons. The number of aryl methyl sites for hydroxylation is 1. The van der Waals surface area contributed by atoms with E-state index < -0.39 is 0 Å². The molecule has 0 aliphatic rings. The van der Waals surface area contributed by atoms with Crippen molar-refractivity contribution in [2.45, 2.75) is 6.92 Å². The summed E-state index contributed by atoms with van der Waals surface area (Å²) < 4.78 is 0. The van der Waals surface area contributed by atoms with Crippen molar-refractivity contribution < 1.29 is 0 Å². The van der Waals surface area contributed by atoms with Gasteiger partial charge in [-0.25, -0.2) is 4.98 Å². The summed E-state index contributed by atoms with van der Waals surface area (Å²) in [5.41, 5.74) is 2.01. The summed E-state index contributed by atoms with van der Waals surface area (Å²) in [6.07, 6.45) is 0. The molecule has 0 bridgehead atoms. The van der Waals surface area contributed by atoms with Crippen LogP contribution in [0.4, 0.5) is 11.5 Å². The number of aromatic nitrogens is 1. The number of nitriles is 1. The second kappa shape index (κ2) is 5.26. The number of halogens is 2. The quantitative estimate of drug-likeness (QED) is 0.890. The first-order valence-corrected chi connectivity index (χ1v) is 5.95. The first-order chi connectivity index (χ1) is 8.58. The Morgan fingerprint density at radius 2 is 2.00 bits per heavy atom. The number of hydrogen-bond acceptors (Lipinski definition) is 3. The predicted molar refractivity (Wildman–Crippen MR) is 73.4 cm³/mol. The molecule has 1 heterocycles. The molecule has 3 nitrogen and oxygen atoms in total. The van der Waals surface area contributed by atoms with Crippen LogP contribution in [0.25, 0.3) is 0 Å². The van der Waals surface area contributed by atoms with Crippen LogP contribution in [-0.4, -0.2) is 4.98 Å². The summed E-state index contributed by atoms with van der Waals surface area (Å²) >= 11 is 11.9.